The first kappa shape index (κ1) is 15.6. The van der Waals surface area contributed by atoms with E-state index in [1.165, 1.54) is 32.7 Å². The maximum atomic E-state index is 3.63. The molecule has 4 aromatic carbocycles. The van der Waals surface area contributed by atoms with E-state index in [1.54, 1.807) is 0 Å². The Morgan fingerprint density at radius 2 is 1.38 bits per heavy atom. The smallest absolute Gasteiger partial charge is 0.0254 e. The quantitative estimate of drug-likeness (QED) is 0.282. The monoisotopic (exact) mass is 436 g/mol. The Morgan fingerprint density at radius 3 is 2.25 bits per heavy atom. The second kappa shape index (κ2) is 6.54. The fraction of sp³-hybridized carbons (Fsp3) is 0. The molecular weight excluding hydrogens is 424 g/mol. The van der Waals surface area contributed by atoms with Crippen LogP contribution in [0.2, 0.25) is 0 Å². The zero-order chi connectivity index (χ0) is 16.5. The van der Waals surface area contributed by atoms with Gasteiger partial charge in [-0.15, -0.1) is 0 Å². The molecule has 24 heavy (non-hydrogen) atoms. The van der Waals surface area contributed by atoms with E-state index in [-0.39, 0.29) is 0 Å². The summed E-state index contributed by atoms with van der Waals surface area (Å²) in [5, 5.41) is 4.99. The number of halogens is 2. The molecule has 116 valence electrons. The van der Waals surface area contributed by atoms with Crippen LogP contribution in [0.5, 0.6) is 0 Å². The predicted octanol–water partition coefficient (Wildman–Crippen LogP) is 7.69. The molecule has 0 aliphatic heterocycles. The van der Waals surface area contributed by atoms with E-state index in [9.17, 15) is 0 Å². The maximum absolute atomic E-state index is 3.63. The molecule has 0 fully saturated rings. The molecule has 0 saturated heterocycles. The van der Waals surface area contributed by atoms with Crippen LogP contribution in [-0.2, 0) is 0 Å². The van der Waals surface area contributed by atoms with Crippen LogP contribution in [0.3, 0.4) is 0 Å². The highest BCUT2D eigenvalue weighted by Gasteiger charge is 2.01. The summed E-state index contributed by atoms with van der Waals surface area (Å²) in [7, 11) is 0. The van der Waals surface area contributed by atoms with E-state index in [4.69, 9.17) is 0 Å². The van der Waals surface area contributed by atoms with Gasteiger partial charge in [0, 0.05) is 8.95 Å². The fourth-order valence-corrected chi connectivity index (χ4v) is 3.81. The summed E-state index contributed by atoms with van der Waals surface area (Å²) >= 11 is 7.16. The van der Waals surface area contributed by atoms with Gasteiger partial charge >= 0.3 is 0 Å². The molecule has 0 amide bonds. The first-order valence-electron chi connectivity index (χ1n) is 7.75. The van der Waals surface area contributed by atoms with Crippen molar-refractivity contribution in [3.63, 3.8) is 0 Å². The molecule has 0 aliphatic carbocycles. The Labute approximate surface area is 158 Å². The van der Waals surface area contributed by atoms with E-state index < -0.39 is 0 Å². The molecule has 0 nitrogen and oxygen atoms in total. The lowest BCUT2D eigenvalue weighted by Gasteiger charge is -2.05. The minimum absolute atomic E-state index is 1.11. The third-order valence-corrected chi connectivity index (χ3v) is 5.37. The average Bonchev–Trinajstić information content (AvgIpc) is 2.61. The second-order valence-electron chi connectivity index (χ2n) is 5.77. The third-order valence-electron chi connectivity index (χ3n) is 4.19. The van der Waals surface area contributed by atoms with Crippen molar-refractivity contribution in [1.29, 1.82) is 0 Å². The molecule has 0 atom stereocenters. The van der Waals surface area contributed by atoms with Gasteiger partial charge in [0.1, 0.15) is 0 Å². The van der Waals surface area contributed by atoms with Crippen LogP contribution in [-0.4, -0.2) is 0 Å². The van der Waals surface area contributed by atoms with Gasteiger partial charge < -0.3 is 0 Å². The summed E-state index contributed by atoms with van der Waals surface area (Å²) in [4.78, 5) is 0. The summed E-state index contributed by atoms with van der Waals surface area (Å²) in [6.07, 6.45) is 4.37. The van der Waals surface area contributed by atoms with Crippen LogP contribution in [0.15, 0.2) is 81.7 Å². The van der Waals surface area contributed by atoms with E-state index in [1.807, 2.05) is 0 Å². The zero-order valence-corrected chi connectivity index (χ0v) is 16.0. The van der Waals surface area contributed by atoms with Gasteiger partial charge in [0.25, 0.3) is 0 Å². The van der Waals surface area contributed by atoms with E-state index in [2.05, 4.69) is 117 Å². The fourth-order valence-electron chi connectivity index (χ4n) is 2.96. The van der Waals surface area contributed by atoms with Crippen molar-refractivity contribution in [2.24, 2.45) is 0 Å². The maximum Gasteiger partial charge on any atom is 0.0254 e. The molecule has 0 heterocycles. The Hall–Kier alpha value is -1.90. The lowest BCUT2D eigenvalue weighted by molar-refractivity contribution is 1.67. The molecule has 4 rings (SSSR count). The van der Waals surface area contributed by atoms with Gasteiger partial charge in [0.05, 0.1) is 0 Å². The Morgan fingerprint density at radius 1 is 0.625 bits per heavy atom. The number of hydrogen-bond acceptors (Lipinski definition) is 0. The molecule has 0 bridgehead atoms. The van der Waals surface area contributed by atoms with Crippen molar-refractivity contribution >= 4 is 65.6 Å². The molecule has 0 radical (unpaired) electrons. The summed E-state index contributed by atoms with van der Waals surface area (Å²) in [5.74, 6) is 0. The molecular formula is C22H14Br2. The minimum Gasteiger partial charge on any atom is -0.0616 e. The van der Waals surface area contributed by atoms with Gasteiger partial charge in [0.15, 0.2) is 0 Å². The van der Waals surface area contributed by atoms with Gasteiger partial charge in [-0.2, -0.15) is 0 Å². The van der Waals surface area contributed by atoms with E-state index in [0.717, 1.165) is 8.95 Å². The summed E-state index contributed by atoms with van der Waals surface area (Å²) in [5.41, 5.74) is 2.43. The van der Waals surface area contributed by atoms with E-state index >= 15 is 0 Å². The topological polar surface area (TPSA) is 0 Å². The molecule has 0 N–H and O–H groups in total. The Bertz CT molecular complexity index is 1080. The average molecular weight is 438 g/mol. The highest BCUT2D eigenvalue weighted by molar-refractivity contribution is 9.11. The number of rotatable bonds is 2. The minimum atomic E-state index is 1.11. The highest BCUT2D eigenvalue weighted by atomic mass is 79.9. The Balaban J connectivity index is 1.75. The second-order valence-corrected chi connectivity index (χ2v) is 7.54. The van der Waals surface area contributed by atoms with Gasteiger partial charge in [-0.1, -0.05) is 92.5 Å². The van der Waals surface area contributed by atoms with Gasteiger partial charge in [-0.05, 0) is 56.9 Å². The standard InChI is InChI=1S/C22H14Br2/c23-19-11-9-17-13-15(6-8-18(17)14-19)5-7-16-10-12-22(24)21-4-2-1-3-20(16)21/h1-14H/b7-5+. The molecule has 0 aromatic heterocycles. The van der Waals surface area contributed by atoms with E-state index in [0.29, 0.717) is 0 Å². The van der Waals surface area contributed by atoms with Crippen LogP contribution in [0, 0.1) is 0 Å². The normalized spacial score (nSPS) is 11.6. The molecule has 4 aromatic rings. The lowest BCUT2D eigenvalue weighted by atomic mass is 10.0. The van der Waals surface area contributed by atoms with Crippen LogP contribution >= 0.6 is 31.9 Å². The van der Waals surface area contributed by atoms with Crippen LogP contribution in [0.1, 0.15) is 11.1 Å². The van der Waals surface area contributed by atoms with Crippen LogP contribution < -0.4 is 0 Å². The summed E-state index contributed by atoms with van der Waals surface area (Å²) in [6.45, 7) is 0. The zero-order valence-electron chi connectivity index (χ0n) is 12.8. The van der Waals surface area contributed by atoms with Crippen LogP contribution in [0.4, 0.5) is 0 Å². The van der Waals surface area contributed by atoms with Crippen LogP contribution in [0.25, 0.3) is 33.7 Å². The van der Waals surface area contributed by atoms with Crippen molar-refractivity contribution in [2.75, 3.05) is 0 Å². The molecule has 0 aliphatic rings. The molecule has 2 heteroatoms. The SMILES string of the molecule is Brc1ccc2cc(/C=C/c3ccc(Br)c4ccccc34)ccc2c1. The van der Waals surface area contributed by atoms with Crippen molar-refractivity contribution in [1.82, 2.24) is 0 Å². The lowest BCUT2D eigenvalue weighted by Crippen LogP contribution is -1.80. The van der Waals surface area contributed by atoms with Crippen molar-refractivity contribution in [2.45, 2.75) is 0 Å². The van der Waals surface area contributed by atoms with Gasteiger partial charge in [0.2, 0.25) is 0 Å². The van der Waals surface area contributed by atoms with Gasteiger partial charge in [-0.3, -0.25) is 0 Å². The predicted molar refractivity (Wildman–Crippen MR) is 112 cm³/mol. The van der Waals surface area contributed by atoms with Crippen molar-refractivity contribution in [3.8, 4) is 0 Å². The molecule has 0 spiro atoms. The number of fused-ring (bicyclic) bond motifs is 2. The first-order valence-corrected chi connectivity index (χ1v) is 9.34. The van der Waals surface area contributed by atoms with Gasteiger partial charge in [-0.25, -0.2) is 0 Å². The summed E-state index contributed by atoms with van der Waals surface area (Å²) < 4.78 is 2.24. The van der Waals surface area contributed by atoms with Crippen molar-refractivity contribution in [3.05, 3.63) is 92.9 Å². The Kier molecular flexibility index (Phi) is 4.26. The summed E-state index contributed by atoms with van der Waals surface area (Å²) in [6, 6.07) is 25.6. The number of hydrogen-bond donors (Lipinski definition) is 0. The molecule has 0 unspecified atom stereocenters. The number of benzene rings is 4. The third kappa shape index (κ3) is 3.04. The first-order chi connectivity index (χ1) is 11.7. The largest absolute Gasteiger partial charge is 0.0616 e. The highest BCUT2D eigenvalue weighted by Crippen LogP contribution is 2.28. The van der Waals surface area contributed by atoms with Crippen molar-refractivity contribution < 1.29 is 0 Å². The molecule has 0 saturated carbocycles.